The van der Waals surface area contributed by atoms with E-state index in [2.05, 4.69) is 15.5 Å². The highest BCUT2D eigenvalue weighted by atomic mass is 16.5. The molecule has 1 aromatic heterocycles. The van der Waals surface area contributed by atoms with Crippen LogP contribution in [-0.2, 0) is 4.79 Å². The van der Waals surface area contributed by atoms with Crippen molar-refractivity contribution in [1.82, 2.24) is 10.1 Å². The number of rotatable bonds is 4. The summed E-state index contributed by atoms with van der Waals surface area (Å²) in [5.41, 5.74) is 2.59. The van der Waals surface area contributed by atoms with Crippen molar-refractivity contribution in [2.24, 2.45) is 0 Å². The highest BCUT2D eigenvalue weighted by molar-refractivity contribution is 6.08. The zero-order chi connectivity index (χ0) is 18.8. The molecule has 27 heavy (non-hydrogen) atoms. The lowest BCUT2D eigenvalue weighted by Crippen LogP contribution is -2.25. The summed E-state index contributed by atoms with van der Waals surface area (Å²) in [6.07, 6.45) is 1.37. The van der Waals surface area contributed by atoms with Gasteiger partial charge in [-0.2, -0.15) is 4.98 Å². The summed E-state index contributed by atoms with van der Waals surface area (Å²) < 4.78 is 5.13. The maximum atomic E-state index is 12.6. The van der Waals surface area contributed by atoms with Gasteiger partial charge in [0.1, 0.15) is 0 Å². The van der Waals surface area contributed by atoms with E-state index >= 15 is 0 Å². The second kappa shape index (κ2) is 7.03. The van der Waals surface area contributed by atoms with Crippen LogP contribution >= 0.6 is 0 Å². The topological polar surface area (TPSA) is 88.3 Å². The predicted octanol–water partition coefficient (Wildman–Crippen LogP) is 3.42. The van der Waals surface area contributed by atoms with E-state index in [4.69, 9.17) is 4.52 Å². The fraction of sp³-hybridized carbons (Fsp3) is 0.200. The number of aryl methyl sites for hydroxylation is 1. The molecule has 0 saturated carbocycles. The Kier molecular flexibility index (Phi) is 4.42. The SMILES string of the molecule is Cc1noc(-c2ccc(C(=O)Nc3ccccc3N3CCCC3=O)cc2)n1. The number of amides is 2. The van der Waals surface area contributed by atoms with E-state index in [0.29, 0.717) is 35.9 Å². The molecule has 7 heteroatoms. The van der Waals surface area contributed by atoms with Crippen LogP contribution in [0.3, 0.4) is 0 Å². The molecular formula is C20H18N4O3. The second-order valence-corrected chi connectivity index (χ2v) is 6.34. The molecule has 3 aromatic rings. The number of carbonyl (C=O) groups excluding carboxylic acids is 2. The van der Waals surface area contributed by atoms with Crippen molar-refractivity contribution in [1.29, 1.82) is 0 Å². The Morgan fingerprint density at radius 1 is 1.15 bits per heavy atom. The number of carbonyl (C=O) groups is 2. The molecule has 7 nitrogen and oxygen atoms in total. The summed E-state index contributed by atoms with van der Waals surface area (Å²) in [7, 11) is 0. The lowest BCUT2D eigenvalue weighted by molar-refractivity contribution is -0.117. The van der Waals surface area contributed by atoms with Crippen molar-refractivity contribution < 1.29 is 14.1 Å². The van der Waals surface area contributed by atoms with Gasteiger partial charge in [0, 0.05) is 24.1 Å². The minimum absolute atomic E-state index is 0.0795. The first-order valence-electron chi connectivity index (χ1n) is 8.73. The number of benzene rings is 2. The highest BCUT2D eigenvalue weighted by Crippen LogP contribution is 2.29. The Morgan fingerprint density at radius 2 is 1.93 bits per heavy atom. The molecule has 0 spiro atoms. The lowest BCUT2D eigenvalue weighted by atomic mass is 10.1. The molecule has 1 saturated heterocycles. The summed E-state index contributed by atoms with van der Waals surface area (Å²) >= 11 is 0. The van der Waals surface area contributed by atoms with Crippen LogP contribution in [-0.4, -0.2) is 28.5 Å². The number of hydrogen-bond donors (Lipinski definition) is 1. The summed E-state index contributed by atoms with van der Waals surface area (Å²) in [5.74, 6) is 0.801. The quantitative estimate of drug-likeness (QED) is 0.768. The van der Waals surface area contributed by atoms with Crippen molar-refractivity contribution in [2.75, 3.05) is 16.8 Å². The third-order valence-electron chi connectivity index (χ3n) is 4.44. The standard InChI is InChI=1S/C20H18N4O3/c1-13-21-20(27-23-13)15-10-8-14(9-11-15)19(26)22-16-5-2-3-6-17(16)24-12-4-7-18(24)25/h2-3,5-6,8-11H,4,7,12H2,1H3,(H,22,26). The van der Waals surface area contributed by atoms with E-state index in [1.165, 1.54) is 0 Å². The van der Waals surface area contributed by atoms with Crippen molar-refractivity contribution in [2.45, 2.75) is 19.8 Å². The van der Waals surface area contributed by atoms with Gasteiger partial charge < -0.3 is 14.7 Å². The number of para-hydroxylation sites is 2. The number of nitrogens with one attached hydrogen (secondary N) is 1. The maximum Gasteiger partial charge on any atom is 0.257 e. The molecule has 2 heterocycles. The molecule has 0 bridgehead atoms. The first-order valence-corrected chi connectivity index (χ1v) is 8.73. The molecule has 136 valence electrons. The van der Waals surface area contributed by atoms with Crippen LogP contribution in [0.15, 0.2) is 53.1 Å². The number of hydrogen-bond acceptors (Lipinski definition) is 5. The van der Waals surface area contributed by atoms with E-state index in [9.17, 15) is 9.59 Å². The Bertz CT molecular complexity index is 994. The third kappa shape index (κ3) is 3.44. The normalized spacial score (nSPS) is 13.8. The largest absolute Gasteiger partial charge is 0.334 e. The van der Waals surface area contributed by atoms with Crippen LogP contribution in [0.1, 0.15) is 29.0 Å². The van der Waals surface area contributed by atoms with Crippen LogP contribution in [0.4, 0.5) is 11.4 Å². The first kappa shape index (κ1) is 17.0. The van der Waals surface area contributed by atoms with Crippen LogP contribution in [0, 0.1) is 6.92 Å². The van der Waals surface area contributed by atoms with E-state index in [-0.39, 0.29) is 11.8 Å². The average Bonchev–Trinajstić information content (AvgIpc) is 3.30. The predicted molar refractivity (Wildman–Crippen MR) is 100 cm³/mol. The molecule has 0 unspecified atom stereocenters. The molecule has 1 aliphatic rings. The zero-order valence-corrected chi connectivity index (χ0v) is 14.8. The monoisotopic (exact) mass is 362 g/mol. The van der Waals surface area contributed by atoms with Gasteiger partial charge in [0.25, 0.3) is 11.8 Å². The maximum absolute atomic E-state index is 12.6. The van der Waals surface area contributed by atoms with Gasteiger partial charge in [-0.1, -0.05) is 17.3 Å². The Balaban J connectivity index is 1.54. The van der Waals surface area contributed by atoms with Gasteiger partial charge in [-0.15, -0.1) is 0 Å². The zero-order valence-electron chi connectivity index (χ0n) is 14.8. The van der Waals surface area contributed by atoms with Crippen LogP contribution in [0.2, 0.25) is 0 Å². The van der Waals surface area contributed by atoms with E-state index in [0.717, 1.165) is 17.7 Å². The van der Waals surface area contributed by atoms with E-state index < -0.39 is 0 Å². The summed E-state index contributed by atoms with van der Waals surface area (Å²) in [4.78, 5) is 30.6. The lowest BCUT2D eigenvalue weighted by Gasteiger charge is -2.20. The summed E-state index contributed by atoms with van der Waals surface area (Å²) in [5, 5.41) is 6.67. The van der Waals surface area contributed by atoms with Crippen molar-refractivity contribution in [3.05, 3.63) is 59.9 Å². The van der Waals surface area contributed by atoms with Crippen LogP contribution in [0.5, 0.6) is 0 Å². The van der Waals surface area contributed by atoms with Gasteiger partial charge in [0.15, 0.2) is 5.82 Å². The Hall–Kier alpha value is -3.48. The van der Waals surface area contributed by atoms with E-state index in [1.54, 1.807) is 42.2 Å². The molecular weight excluding hydrogens is 344 g/mol. The Morgan fingerprint density at radius 3 is 2.59 bits per heavy atom. The molecule has 1 N–H and O–H groups in total. The van der Waals surface area contributed by atoms with Crippen LogP contribution in [0.25, 0.3) is 11.5 Å². The van der Waals surface area contributed by atoms with Gasteiger partial charge in [-0.25, -0.2) is 0 Å². The van der Waals surface area contributed by atoms with Gasteiger partial charge in [-0.05, 0) is 49.7 Å². The number of aromatic nitrogens is 2. The van der Waals surface area contributed by atoms with Gasteiger partial charge in [0.05, 0.1) is 11.4 Å². The molecule has 2 aromatic carbocycles. The van der Waals surface area contributed by atoms with Gasteiger partial charge in [-0.3, -0.25) is 9.59 Å². The fourth-order valence-corrected chi connectivity index (χ4v) is 3.09. The van der Waals surface area contributed by atoms with Gasteiger partial charge >= 0.3 is 0 Å². The van der Waals surface area contributed by atoms with E-state index in [1.807, 2.05) is 18.2 Å². The molecule has 4 rings (SSSR count). The molecule has 0 atom stereocenters. The van der Waals surface area contributed by atoms with Crippen LogP contribution < -0.4 is 10.2 Å². The fourth-order valence-electron chi connectivity index (χ4n) is 3.09. The highest BCUT2D eigenvalue weighted by Gasteiger charge is 2.24. The summed E-state index contributed by atoms with van der Waals surface area (Å²) in [6, 6.07) is 14.3. The number of anilines is 2. The average molecular weight is 362 g/mol. The molecule has 0 aliphatic carbocycles. The third-order valence-corrected chi connectivity index (χ3v) is 4.44. The van der Waals surface area contributed by atoms with Crippen molar-refractivity contribution >= 4 is 23.2 Å². The first-order chi connectivity index (χ1) is 13.1. The van der Waals surface area contributed by atoms with Crippen molar-refractivity contribution in [3.8, 4) is 11.5 Å². The Labute approximate surface area is 156 Å². The minimum atomic E-state index is -0.248. The smallest absolute Gasteiger partial charge is 0.257 e. The minimum Gasteiger partial charge on any atom is -0.334 e. The second-order valence-electron chi connectivity index (χ2n) is 6.34. The molecule has 1 fully saturated rings. The molecule has 0 radical (unpaired) electrons. The molecule has 2 amide bonds. The van der Waals surface area contributed by atoms with Gasteiger partial charge in [0.2, 0.25) is 5.91 Å². The molecule has 1 aliphatic heterocycles. The summed E-state index contributed by atoms with van der Waals surface area (Å²) in [6.45, 7) is 2.42. The number of nitrogens with zero attached hydrogens (tertiary/aromatic N) is 3. The van der Waals surface area contributed by atoms with Crippen molar-refractivity contribution in [3.63, 3.8) is 0 Å².